The summed E-state index contributed by atoms with van der Waals surface area (Å²) in [5.74, 6) is 1.73. The Balaban J connectivity index is 1.53. The Morgan fingerprint density at radius 1 is 1.32 bits per heavy atom. The van der Waals surface area contributed by atoms with E-state index in [2.05, 4.69) is 30.5 Å². The van der Waals surface area contributed by atoms with Crippen molar-refractivity contribution in [3.05, 3.63) is 40.4 Å². The van der Waals surface area contributed by atoms with Gasteiger partial charge in [-0.25, -0.2) is 10.4 Å². The van der Waals surface area contributed by atoms with Gasteiger partial charge in [-0.3, -0.25) is 4.79 Å². The highest BCUT2D eigenvalue weighted by molar-refractivity contribution is 5.81. The smallest absolute Gasteiger partial charge is 0.276 e. The highest BCUT2D eigenvalue weighted by Crippen LogP contribution is 2.31. The van der Waals surface area contributed by atoms with Gasteiger partial charge in [0, 0.05) is 0 Å². The van der Waals surface area contributed by atoms with Crippen molar-refractivity contribution in [2.24, 2.45) is 5.10 Å². The third kappa shape index (κ3) is 2.14. The molecule has 22 heavy (non-hydrogen) atoms. The molecule has 3 heterocycles. The standard InChI is InChI=1S/C13H10N6O3/c20-12-10-11(14-5-15-12)18-13(17-10)19-16-4-7-1-2-8-9(3-7)22-6-21-8/h1-5H,6H2,(H3,14,15,17,18,19,20)/b16-4+. The first-order valence-corrected chi connectivity index (χ1v) is 6.42. The van der Waals surface area contributed by atoms with E-state index in [0.29, 0.717) is 28.6 Å². The molecule has 0 unspecified atom stereocenters. The summed E-state index contributed by atoms with van der Waals surface area (Å²) < 4.78 is 10.5. The molecule has 9 nitrogen and oxygen atoms in total. The summed E-state index contributed by atoms with van der Waals surface area (Å²) >= 11 is 0. The lowest BCUT2D eigenvalue weighted by molar-refractivity contribution is 0.174. The van der Waals surface area contributed by atoms with Crippen molar-refractivity contribution in [1.29, 1.82) is 0 Å². The predicted octanol–water partition coefficient (Wildman–Crippen LogP) is 0.821. The quantitative estimate of drug-likeness (QED) is 0.487. The maximum atomic E-state index is 11.5. The van der Waals surface area contributed by atoms with Crippen molar-refractivity contribution in [2.75, 3.05) is 12.2 Å². The first-order chi connectivity index (χ1) is 10.8. The van der Waals surface area contributed by atoms with Crippen LogP contribution in [0.4, 0.5) is 5.95 Å². The van der Waals surface area contributed by atoms with Gasteiger partial charge in [0.15, 0.2) is 22.7 Å². The number of anilines is 1. The van der Waals surface area contributed by atoms with Gasteiger partial charge in [0.2, 0.25) is 12.7 Å². The molecule has 110 valence electrons. The minimum absolute atomic E-state index is 0.231. The summed E-state index contributed by atoms with van der Waals surface area (Å²) in [6, 6.07) is 5.48. The third-order valence-electron chi connectivity index (χ3n) is 3.07. The number of hydrazone groups is 1. The second kappa shape index (κ2) is 4.88. The predicted molar refractivity (Wildman–Crippen MR) is 78.3 cm³/mol. The number of fused-ring (bicyclic) bond motifs is 2. The molecule has 2 aromatic heterocycles. The molecule has 4 rings (SSSR count). The largest absolute Gasteiger partial charge is 0.454 e. The van der Waals surface area contributed by atoms with Gasteiger partial charge < -0.3 is 19.4 Å². The summed E-state index contributed by atoms with van der Waals surface area (Å²) in [5.41, 5.74) is 3.88. The van der Waals surface area contributed by atoms with Gasteiger partial charge in [-0.15, -0.1) is 0 Å². The van der Waals surface area contributed by atoms with E-state index in [4.69, 9.17) is 9.47 Å². The molecule has 3 aromatic rings. The van der Waals surface area contributed by atoms with Crippen LogP contribution in [0.1, 0.15) is 5.56 Å². The molecule has 1 aromatic carbocycles. The summed E-state index contributed by atoms with van der Waals surface area (Å²) in [7, 11) is 0. The van der Waals surface area contributed by atoms with Crippen molar-refractivity contribution in [3.8, 4) is 11.5 Å². The second-order valence-corrected chi connectivity index (χ2v) is 4.50. The zero-order chi connectivity index (χ0) is 14.9. The molecule has 0 bridgehead atoms. The van der Waals surface area contributed by atoms with E-state index in [1.165, 1.54) is 6.33 Å². The number of imidazole rings is 1. The van der Waals surface area contributed by atoms with E-state index in [-0.39, 0.29) is 12.4 Å². The lowest BCUT2D eigenvalue weighted by Gasteiger charge is -1.97. The number of nitrogens with one attached hydrogen (secondary N) is 3. The molecule has 0 saturated heterocycles. The molecule has 0 spiro atoms. The molecule has 0 aliphatic carbocycles. The Morgan fingerprint density at radius 3 is 3.14 bits per heavy atom. The normalized spacial score (nSPS) is 13.1. The first kappa shape index (κ1) is 12.4. The number of hydrogen-bond donors (Lipinski definition) is 3. The second-order valence-electron chi connectivity index (χ2n) is 4.50. The molecule has 0 atom stereocenters. The van der Waals surface area contributed by atoms with Crippen LogP contribution in [0.15, 0.2) is 34.4 Å². The van der Waals surface area contributed by atoms with Crippen LogP contribution >= 0.6 is 0 Å². The fraction of sp³-hybridized carbons (Fsp3) is 0.0769. The van der Waals surface area contributed by atoms with Crippen LogP contribution < -0.4 is 20.5 Å². The molecule has 1 aliphatic rings. The van der Waals surface area contributed by atoms with Crippen LogP contribution in [0, 0.1) is 0 Å². The van der Waals surface area contributed by atoms with Gasteiger partial charge >= 0.3 is 0 Å². The Bertz CT molecular complexity index is 929. The Morgan fingerprint density at radius 2 is 2.23 bits per heavy atom. The number of hydrogen-bond acceptors (Lipinski definition) is 7. The molecule has 9 heteroatoms. The Kier molecular flexibility index (Phi) is 2.75. The summed E-state index contributed by atoms with van der Waals surface area (Å²) in [6.07, 6.45) is 2.90. The van der Waals surface area contributed by atoms with Gasteiger partial charge in [-0.05, 0) is 23.8 Å². The van der Waals surface area contributed by atoms with E-state index >= 15 is 0 Å². The van der Waals surface area contributed by atoms with Crippen molar-refractivity contribution >= 4 is 23.3 Å². The fourth-order valence-corrected chi connectivity index (χ4v) is 2.05. The van der Waals surface area contributed by atoms with Crippen LogP contribution in [-0.2, 0) is 0 Å². The molecule has 1 aliphatic heterocycles. The minimum Gasteiger partial charge on any atom is -0.454 e. The van der Waals surface area contributed by atoms with Crippen molar-refractivity contribution in [1.82, 2.24) is 19.9 Å². The number of ether oxygens (including phenoxy) is 2. The first-order valence-electron chi connectivity index (χ1n) is 6.42. The van der Waals surface area contributed by atoms with Crippen LogP contribution in [-0.4, -0.2) is 32.9 Å². The van der Waals surface area contributed by atoms with Crippen LogP contribution in [0.5, 0.6) is 11.5 Å². The molecule has 0 saturated carbocycles. The lowest BCUT2D eigenvalue weighted by atomic mass is 10.2. The van der Waals surface area contributed by atoms with Crippen LogP contribution in [0.2, 0.25) is 0 Å². The van der Waals surface area contributed by atoms with Crippen molar-refractivity contribution in [2.45, 2.75) is 0 Å². The fourth-order valence-electron chi connectivity index (χ4n) is 2.05. The van der Waals surface area contributed by atoms with E-state index in [0.717, 1.165) is 5.56 Å². The number of rotatable bonds is 3. The SMILES string of the molecule is O=c1[nH]cnc2nc(N/N=C/c3ccc4c(c3)OCO4)[nH]c12. The Labute approximate surface area is 123 Å². The monoisotopic (exact) mass is 298 g/mol. The number of aromatic amines is 2. The summed E-state index contributed by atoms with van der Waals surface area (Å²) in [4.78, 5) is 24.9. The van der Waals surface area contributed by atoms with Gasteiger partial charge in [-0.2, -0.15) is 10.1 Å². The van der Waals surface area contributed by atoms with Crippen LogP contribution in [0.3, 0.4) is 0 Å². The molecule has 3 N–H and O–H groups in total. The molecule has 0 radical (unpaired) electrons. The number of nitrogens with zero attached hydrogens (tertiary/aromatic N) is 3. The number of H-pyrrole nitrogens is 2. The van der Waals surface area contributed by atoms with Crippen molar-refractivity contribution < 1.29 is 9.47 Å². The average Bonchev–Trinajstić information content (AvgIpc) is 3.13. The lowest BCUT2D eigenvalue weighted by Crippen LogP contribution is -2.05. The Hall–Kier alpha value is -3.36. The van der Waals surface area contributed by atoms with E-state index in [9.17, 15) is 4.79 Å². The molecule has 0 fully saturated rings. The van der Waals surface area contributed by atoms with E-state index in [1.807, 2.05) is 18.2 Å². The van der Waals surface area contributed by atoms with Gasteiger partial charge in [0.1, 0.15) is 0 Å². The topological polar surface area (TPSA) is 117 Å². The molecular formula is C13H10N6O3. The maximum absolute atomic E-state index is 11.5. The zero-order valence-electron chi connectivity index (χ0n) is 11.2. The highest BCUT2D eigenvalue weighted by atomic mass is 16.7. The number of aromatic nitrogens is 4. The number of benzene rings is 1. The van der Waals surface area contributed by atoms with Crippen LogP contribution in [0.25, 0.3) is 11.2 Å². The highest BCUT2D eigenvalue weighted by Gasteiger charge is 2.12. The van der Waals surface area contributed by atoms with Gasteiger partial charge in [0.25, 0.3) is 5.56 Å². The van der Waals surface area contributed by atoms with Gasteiger partial charge in [0.05, 0.1) is 12.5 Å². The van der Waals surface area contributed by atoms with Gasteiger partial charge in [-0.1, -0.05) is 0 Å². The zero-order valence-corrected chi connectivity index (χ0v) is 11.2. The maximum Gasteiger partial charge on any atom is 0.276 e. The molecule has 0 amide bonds. The summed E-state index contributed by atoms with van der Waals surface area (Å²) in [6.45, 7) is 0.231. The molecular weight excluding hydrogens is 288 g/mol. The average molecular weight is 298 g/mol. The van der Waals surface area contributed by atoms with Crippen molar-refractivity contribution in [3.63, 3.8) is 0 Å². The minimum atomic E-state index is -0.287. The van der Waals surface area contributed by atoms with E-state index in [1.54, 1.807) is 6.21 Å². The summed E-state index contributed by atoms with van der Waals surface area (Å²) in [5, 5.41) is 4.06. The van der Waals surface area contributed by atoms with E-state index < -0.39 is 0 Å². The third-order valence-corrected chi connectivity index (χ3v) is 3.07.